The molecule has 1 aliphatic heterocycles. The van der Waals surface area contributed by atoms with E-state index in [-0.39, 0.29) is 6.03 Å². The Balaban J connectivity index is 1.47. The summed E-state index contributed by atoms with van der Waals surface area (Å²) < 4.78 is 7.06. The van der Waals surface area contributed by atoms with E-state index in [0.717, 1.165) is 37.3 Å². The third-order valence-corrected chi connectivity index (χ3v) is 4.25. The van der Waals surface area contributed by atoms with Crippen LogP contribution in [-0.2, 0) is 20.0 Å². The number of aromatic nitrogens is 2. The van der Waals surface area contributed by atoms with Gasteiger partial charge in [-0.3, -0.25) is 4.68 Å². The quantitative estimate of drug-likeness (QED) is 0.940. The standard InChI is InChI=1S/C16H22N4O2/c1-12-15(4-6-22-12)9-17-16(21)20-5-3-13(11-20)7-14-8-18-19(2)10-14/h4,6,8,10,13H,3,5,7,9,11H2,1-2H3,(H,17,21)/t13-/m1/s1. The normalized spacial score (nSPS) is 17.9. The summed E-state index contributed by atoms with van der Waals surface area (Å²) >= 11 is 0. The van der Waals surface area contributed by atoms with Crippen molar-refractivity contribution in [1.29, 1.82) is 0 Å². The van der Waals surface area contributed by atoms with E-state index < -0.39 is 0 Å². The van der Waals surface area contributed by atoms with E-state index in [0.29, 0.717) is 12.5 Å². The molecule has 1 N–H and O–H groups in total. The lowest BCUT2D eigenvalue weighted by Crippen LogP contribution is -2.38. The Labute approximate surface area is 130 Å². The molecular formula is C16H22N4O2. The van der Waals surface area contributed by atoms with Gasteiger partial charge in [-0.2, -0.15) is 5.10 Å². The summed E-state index contributed by atoms with van der Waals surface area (Å²) in [4.78, 5) is 14.1. The lowest BCUT2D eigenvalue weighted by molar-refractivity contribution is 0.206. The third-order valence-electron chi connectivity index (χ3n) is 4.25. The van der Waals surface area contributed by atoms with Crippen LogP contribution in [0.25, 0.3) is 0 Å². The van der Waals surface area contributed by atoms with Gasteiger partial charge in [-0.05, 0) is 37.3 Å². The van der Waals surface area contributed by atoms with Crippen LogP contribution in [0.4, 0.5) is 4.79 Å². The lowest BCUT2D eigenvalue weighted by Gasteiger charge is -2.17. The van der Waals surface area contributed by atoms with Crippen molar-refractivity contribution in [1.82, 2.24) is 20.0 Å². The average Bonchev–Trinajstić information content (AvgIpc) is 3.20. The molecule has 0 aliphatic carbocycles. The van der Waals surface area contributed by atoms with E-state index in [1.807, 2.05) is 42.0 Å². The van der Waals surface area contributed by atoms with Crippen molar-refractivity contribution in [2.75, 3.05) is 13.1 Å². The number of carbonyl (C=O) groups excluding carboxylic acids is 1. The fourth-order valence-electron chi connectivity index (χ4n) is 2.97. The SMILES string of the molecule is Cc1occc1CNC(=O)N1CC[C@H](Cc2cnn(C)c2)C1. The summed E-state index contributed by atoms with van der Waals surface area (Å²) in [5.74, 6) is 1.38. The van der Waals surface area contributed by atoms with Gasteiger partial charge in [-0.15, -0.1) is 0 Å². The molecule has 1 aliphatic rings. The topological polar surface area (TPSA) is 63.3 Å². The molecule has 0 spiro atoms. The zero-order chi connectivity index (χ0) is 15.5. The average molecular weight is 302 g/mol. The van der Waals surface area contributed by atoms with Crippen molar-refractivity contribution in [2.45, 2.75) is 26.3 Å². The van der Waals surface area contributed by atoms with Gasteiger partial charge in [-0.1, -0.05) is 0 Å². The van der Waals surface area contributed by atoms with Gasteiger partial charge < -0.3 is 14.6 Å². The Morgan fingerprint density at radius 1 is 1.55 bits per heavy atom. The number of amides is 2. The summed E-state index contributed by atoms with van der Waals surface area (Å²) in [6, 6.07) is 1.90. The van der Waals surface area contributed by atoms with E-state index in [9.17, 15) is 4.79 Å². The molecule has 1 saturated heterocycles. The molecule has 6 nitrogen and oxygen atoms in total. The minimum Gasteiger partial charge on any atom is -0.469 e. The summed E-state index contributed by atoms with van der Waals surface area (Å²) in [7, 11) is 1.93. The Morgan fingerprint density at radius 2 is 2.41 bits per heavy atom. The van der Waals surface area contributed by atoms with Crippen LogP contribution in [0.1, 0.15) is 23.3 Å². The number of urea groups is 1. The molecule has 118 valence electrons. The highest BCUT2D eigenvalue weighted by Gasteiger charge is 2.26. The fraction of sp³-hybridized carbons (Fsp3) is 0.500. The number of likely N-dealkylation sites (tertiary alicyclic amines) is 1. The Hall–Kier alpha value is -2.24. The van der Waals surface area contributed by atoms with Gasteiger partial charge in [0.25, 0.3) is 0 Å². The van der Waals surface area contributed by atoms with Crippen LogP contribution in [0.5, 0.6) is 0 Å². The molecule has 22 heavy (non-hydrogen) atoms. The van der Waals surface area contributed by atoms with E-state index in [4.69, 9.17) is 4.42 Å². The van der Waals surface area contributed by atoms with Gasteiger partial charge in [-0.25, -0.2) is 4.79 Å². The van der Waals surface area contributed by atoms with Crippen molar-refractivity contribution in [3.05, 3.63) is 41.6 Å². The number of hydrogen-bond acceptors (Lipinski definition) is 3. The summed E-state index contributed by atoms with van der Waals surface area (Å²) in [5, 5.41) is 7.16. The molecule has 0 aromatic carbocycles. The van der Waals surface area contributed by atoms with Crippen LogP contribution < -0.4 is 5.32 Å². The van der Waals surface area contributed by atoms with Crippen LogP contribution >= 0.6 is 0 Å². The van der Waals surface area contributed by atoms with Crippen molar-refractivity contribution >= 4 is 6.03 Å². The molecule has 2 aromatic heterocycles. The molecule has 0 bridgehead atoms. The molecular weight excluding hydrogens is 280 g/mol. The maximum absolute atomic E-state index is 12.2. The maximum atomic E-state index is 12.2. The number of nitrogens with one attached hydrogen (secondary N) is 1. The number of nitrogens with zero attached hydrogens (tertiary/aromatic N) is 3. The van der Waals surface area contributed by atoms with Gasteiger partial charge in [0.2, 0.25) is 0 Å². The second kappa shape index (κ2) is 6.25. The smallest absolute Gasteiger partial charge is 0.317 e. The molecule has 3 rings (SSSR count). The second-order valence-electron chi connectivity index (χ2n) is 5.99. The highest BCUT2D eigenvalue weighted by molar-refractivity contribution is 5.74. The summed E-state index contributed by atoms with van der Waals surface area (Å²) in [5.41, 5.74) is 2.27. The lowest BCUT2D eigenvalue weighted by atomic mass is 10.0. The molecule has 0 radical (unpaired) electrons. The maximum Gasteiger partial charge on any atom is 0.317 e. The Kier molecular flexibility index (Phi) is 4.18. The number of rotatable bonds is 4. The zero-order valence-corrected chi connectivity index (χ0v) is 13.1. The Morgan fingerprint density at radius 3 is 3.09 bits per heavy atom. The summed E-state index contributed by atoms with van der Waals surface area (Å²) in [6.45, 7) is 4.05. The van der Waals surface area contributed by atoms with Crippen molar-refractivity contribution < 1.29 is 9.21 Å². The molecule has 2 aromatic rings. The van der Waals surface area contributed by atoms with Gasteiger partial charge >= 0.3 is 6.03 Å². The van der Waals surface area contributed by atoms with E-state index >= 15 is 0 Å². The largest absolute Gasteiger partial charge is 0.469 e. The molecule has 0 saturated carbocycles. The number of aryl methyl sites for hydroxylation is 2. The second-order valence-corrected chi connectivity index (χ2v) is 5.99. The molecule has 3 heterocycles. The van der Waals surface area contributed by atoms with E-state index in [2.05, 4.69) is 10.4 Å². The van der Waals surface area contributed by atoms with Crippen LogP contribution in [0.3, 0.4) is 0 Å². The predicted molar refractivity (Wildman–Crippen MR) is 82.3 cm³/mol. The van der Waals surface area contributed by atoms with Crippen LogP contribution in [0, 0.1) is 12.8 Å². The first kappa shape index (κ1) is 14.7. The first-order valence-electron chi connectivity index (χ1n) is 7.65. The number of hydrogen-bond donors (Lipinski definition) is 1. The highest BCUT2D eigenvalue weighted by Crippen LogP contribution is 2.20. The monoisotopic (exact) mass is 302 g/mol. The Bertz CT molecular complexity index is 646. The first-order valence-corrected chi connectivity index (χ1v) is 7.65. The summed E-state index contributed by atoms with van der Waals surface area (Å²) in [6.07, 6.45) is 7.64. The minimum atomic E-state index is 0.00860. The van der Waals surface area contributed by atoms with Crippen LogP contribution in [0.15, 0.2) is 29.1 Å². The number of furan rings is 1. The van der Waals surface area contributed by atoms with Crippen molar-refractivity contribution in [3.63, 3.8) is 0 Å². The molecule has 0 unspecified atom stereocenters. The third kappa shape index (κ3) is 3.32. The van der Waals surface area contributed by atoms with Gasteiger partial charge in [0.15, 0.2) is 0 Å². The molecule has 1 atom stereocenters. The van der Waals surface area contributed by atoms with E-state index in [1.165, 1.54) is 5.56 Å². The predicted octanol–water partition coefficient (Wildman–Crippen LogP) is 2.10. The fourth-order valence-corrected chi connectivity index (χ4v) is 2.97. The van der Waals surface area contributed by atoms with Gasteiger partial charge in [0.05, 0.1) is 12.5 Å². The molecule has 6 heteroatoms. The van der Waals surface area contributed by atoms with Crippen LogP contribution in [-0.4, -0.2) is 33.8 Å². The highest BCUT2D eigenvalue weighted by atomic mass is 16.3. The van der Waals surface area contributed by atoms with E-state index in [1.54, 1.807) is 6.26 Å². The van der Waals surface area contributed by atoms with Crippen LogP contribution in [0.2, 0.25) is 0 Å². The van der Waals surface area contributed by atoms with Gasteiger partial charge in [0.1, 0.15) is 5.76 Å². The van der Waals surface area contributed by atoms with Crippen molar-refractivity contribution in [3.8, 4) is 0 Å². The molecule has 1 fully saturated rings. The van der Waals surface area contributed by atoms with Crippen molar-refractivity contribution in [2.24, 2.45) is 13.0 Å². The minimum absolute atomic E-state index is 0.00860. The van der Waals surface area contributed by atoms with Gasteiger partial charge in [0, 0.05) is 38.4 Å². The zero-order valence-electron chi connectivity index (χ0n) is 13.1. The number of carbonyl (C=O) groups is 1. The first-order chi connectivity index (χ1) is 10.6. The molecule has 2 amide bonds.